The minimum atomic E-state index is -0.700. The Labute approximate surface area is 170 Å². The van der Waals surface area contributed by atoms with Crippen molar-refractivity contribution in [1.29, 1.82) is 0 Å². The molecule has 1 unspecified atom stereocenters. The maximum absolute atomic E-state index is 13.0. The van der Waals surface area contributed by atoms with Gasteiger partial charge in [0.25, 0.3) is 0 Å². The van der Waals surface area contributed by atoms with Gasteiger partial charge in [-0.3, -0.25) is 10.1 Å². The molecule has 2 aromatic carbocycles. The molecule has 3 amide bonds. The number of nitrogens with zero attached hydrogens (tertiary/aromatic N) is 2. The molecule has 3 rings (SSSR count). The van der Waals surface area contributed by atoms with Crippen molar-refractivity contribution in [3.8, 4) is 0 Å². The Morgan fingerprint density at radius 1 is 1.00 bits per heavy atom. The number of rotatable bonds is 7. The van der Waals surface area contributed by atoms with Crippen LogP contribution in [0.25, 0.3) is 11.0 Å². The summed E-state index contributed by atoms with van der Waals surface area (Å²) in [4.78, 5) is 29.9. The largest absolute Gasteiger partial charge is 0.326 e. The number of fused-ring (bicyclic) bond motifs is 1. The molecule has 152 valence electrons. The Morgan fingerprint density at radius 3 is 2.38 bits per heavy atom. The molecule has 0 aliphatic heterocycles. The van der Waals surface area contributed by atoms with E-state index in [0.717, 1.165) is 24.0 Å². The van der Waals surface area contributed by atoms with Gasteiger partial charge in [-0.25, -0.2) is 9.78 Å². The predicted molar refractivity (Wildman–Crippen MR) is 116 cm³/mol. The first-order valence-corrected chi connectivity index (χ1v) is 9.88. The number of benzene rings is 2. The number of carbonyl (C=O) groups is 2. The third-order valence-electron chi connectivity index (χ3n) is 4.60. The predicted octanol–water partition coefficient (Wildman–Crippen LogP) is 4.23. The van der Waals surface area contributed by atoms with E-state index < -0.39 is 12.1 Å². The number of urea groups is 1. The van der Waals surface area contributed by atoms with E-state index in [2.05, 4.69) is 27.9 Å². The van der Waals surface area contributed by atoms with Crippen LogP contribution in [0.4, 0.5) is 16.4 Å². The van der Waals surface area contributed by atoms with Gasteiger partial charge in [-0.1, -0.05) is 51.1 Å². The fraction of sp³-hybridized carbons (Fsp3) is 0.318. The number of amides is 3. The summed E-state index contributed by atoms with van der Waals surface area (Å²) in [6.07, 6.45) is 0.911. The zero-order chi connectivity index (χ0) is 20.8. The molecule has 0 aliphatic carbocycles. The maximum Gasteiger partial charge on any atom is 0.319 e. The van der Waals surface area contributed by atoms with Gasteiger partial charge in [0.1, 0.15) is 6.04 Å². The van der Waals surface area contributed by atoms with E-state index in [1.165, 1.54) is 0 Å². The topological polar surface area (TPSA) is 88.0 Å². The van der Waals surface area contributed by atoms with Gasteiger partial charge in [-0.05, 0) is 36.6 Å². The first kappa shape index (κ1) is 20.4. The number of aromatic nitrogens is 2. The molecule has 0 aliphatic rings. The molecule has 0 fully saturated rings. The fourth-order valence-electron chi connectivity index (χ4n) is 3.17. The molecule has 7 heteroatoms. The standard InChI is InChI=1S/C22H27N5O2/c1-4-14-27-18-13-9-8-12-17(18)24-21(27)26-20(28)19(15(2)3)25-22(29)23-16-10-6-5-7-11-16/h5-13,15,19H,4,14H2,1-3H3,(H2,23,25,29)(H,24,26,28). The van der Waals surface area contributed by atoms with Crippen LogP contribution in [0.3, 0.4) is 0 Å². The molecule has 7 nitrogen and oxygen atoms in total. The average Bonchev–Trinajstić information content (AvgIpc) is 3.04. The minimum absolute atomic E-state index is 0.0967. The molecule has 3 aromatic rings. The van der Waals surface area contributed by atoms with Gasteiger partial charge >= 0.3 is 6.03 Å². The molecule has 1 atom stereocenters. The third kappa shape index (κ3) is 4.93. The van der Waals surface area contributed by atoms with Crippen LogP contribution in [0, 0.1) is 5.92 Å². The molecule has 0 saturated heterocycles. The maximum atomic E-state index is 13.0. The molecule has 3 N–H and O–H groups in total. The average molecular weight is 393 g/mol. The second kappa shape index (κ2) is 9.23. The molecule has 1 heterocycles. The Morgan fingerprint density at radius 2 is 1.69 bits per heavy atom. The number of hydrogen-bond acceptors (Lipinski definition) is 3. The second-order valence-corrected chi connectivity index (χ2v) is 7.25. The summed E-state index contributed by atoms with van der Waals surface area (Å²) in [5.74, 6) is 0.102. The van der Waals surface area contributed by atoms with Crippen LogP contribution in [-0.2, 0) is 11.3 Å². The molecule has 29 heavy (non-hydrogen) atoms. The zero-order valence-corrected chi connectivity index (χ0v) is 17.0. The number of imidazole rings is 1. The number of nitrogens with one attached hydrogen (secondary N) is 3. The van der Waals surface area contributed by atoms with Crippen molar-refractivity contribution in [1.82, 2.24) is 14.9 Å². The van der Waals surface area contributed by atoms with Crippen LogP contribution in [0.15, 0.2) is 54.6 Å². The quantitative estimate of drug-likeness (QED) is 0.561. The second-order valence-electron chi connectivity index (χ2n) is 7.25. The Bertz CT molecular complexity index is 981. The Hall–Kier alpha value is -3.35. The van der Waals surface area contributed by atoms with Crippen LogP contribution in [-0.4, -0.2) is 27.5 Å². The third-order valence-corrected chi connectivity index (χ3v) is 4.60. The van der Waals surface area contributed by atoms with Crippen LogP contribution in [0.1, 0.15) is 27.2 Å². The highest BCUT2D eigenvalue weighted by atomic mass is 16.2. The number of carbonyl (C=O) groups excluding carboxylic acids is 2. The van der Waals surface area contributed by atoms with E-state index in [-0.39, 0.29) is 11.8 Å². The highest BCUT2D eigenvalue weighted by Crippen LogP contribution is 2.20. The van der Waals surface area contributed by atoms with Crippen molar-refractivity contribution in [3.63, 3.8) is 0 Å². The highest BCUT2D eigenvalue weighted by Gasteiger charge is 2.26. The first-order chi connectivity index (χ1) is 14.0. The minimum Gasteiger partial charge on any atom is -0.326 e. The van der Waals surface area contributed by atoms with Gasteiger partial charge in [-0.2, -0.15) is 0 Å². The van der Waals surface area contributed by atoms with Crippen molar-refractivity contribution in [2.45, 2.75) is 39.8 Å². The van der Waals surface area contributed by atoms with Crippen LogP contribution in [0.2, 0.25) is 0 Å². The number of hydrogen-bond donors (Lipinski definition) is 3. The highest BCUT2D eigenvalue weighted by molar-refractivity contribution is 5.99. The first-order valence-electron chi connectivity index (χ1n) is 9.88. The van der Waals surface area contributed by atoms with Gasteiger partial charge < -0.3 is 15.2 Å². The van der Waals surface area contributed by atoms with Crippen molar-refractivity contribution in [3.05, 3.63) is 54.6 Å². The summed E-state index contributed by atoms with van der Waals surface area (Å²) in [7, 11) is 0. The summed E-state index contributed by atoms with van der Waals surface area (Å²) in [6.45, 7) is 6.60. The van der Waals surface area contributed by atoms with Gasteiger partial charge in [0, 0.05) is 12.2 Å². The lowest BCUT2D eigenvalue weighted by molar-refractivity contribution is -0.118. The van der Waals surface area contributed by atoms with Gasteiger partial charge in [0.2, 0.25) is 11.9 Å². The Balaban J connectivity index is 1.75. The molecule has 0 bridgehead atoms. The van der Waals surface area contributed by atoms with Crippen molar-refractivity contribution in [2.24, 2.45) is 5.92 Å². The van der Waals surface area contributed by atoms with Crippen LogP contribution in [0.5, 0.6) is 0 Å². The van der Waals surface area contributed by atoms with Gasteiger partial charge in [0.15, 0.2) is 0 Å². The van der Waals surface area contributed by atoms with Gasteiger partial charge in [0.05, 0.1) is 11.0 Å². The summed E-state index contributed by atoms with van der Waals surface area (Å²) in [5, 5.41) is 8.43. The van der Waals surface area contributed by atoms with Crippen molar-refractivity contribution in [2.75, 3.05) is 10.6 Å². The van der Waals surface area contributed by atoms with Crippen LogP contribution >= 0.6 is 0 Å². The lowest BCUT2D eigenvalue weighted by Crippen LogP contribution is -2.48. The summed E-state index contributed by atoms with van der Waals surface area (Å²) >= 11 is 0. The smallest absolute Gasteiger partial charge is 0.319 e. The fourth-order valence-corrected chi connectivity index (χ4v) is 3.17. The SMILES string of the molecule is CCCn1c(NC(=O)C(NC(=O)Nc2ccccc2)C(C)C)nc2ccccc21. The van der Waals surface area contributed by atoms with E-state index in [0.29, 0.717) is 11.6 Å². The summed E-state index contributed by atoms with van der Waals surface area (Å²) < 4.78 is 1.99. The number of para-hydroxylation sites is 3. The number of anilines is 2. The lowest BCUT2D eigenvalue weighted by atomic mass is 10.0. The summed E-state index contributed by atoms with van der Waals surface area (Å²) in [5.41, 5.74) is 2.46. The molecule has 0 saturated carbocycles. The monoisotopic (exact) mass is 393 g/mol. The number of aryl methyl sites for hydroxylation is 1. The van der Waals surface area contributed by atoms with E-state index >= 15 is 0 Å². The lowest BCUT2D eigenvalue weighted by Gasteiger charge is -2.22. The van der Waals surface area contributed by atoms with Crippen molar-refractivity contribution < 1.29 is 9.59 Å². The molecular weight excluding hydrogens is 366 g/mol. The summed E-state index contributed by atoms with van der Waals surface area (Å²) in [6, 6.07) is 15.8. The van der Waals surface area contributed by atoms with E-state index in [1.54, 1.807) is 12.1 Å². The zero-order valence-electron chi connectivity index (χ0n) is 17.0. The van der Waals surface area contributed by atoms with Crippen LogP contribution < -0.4 is 16.0 Å². The Kier molecular flexibility index (Phi) is 6.49. The molecule has 0 radical (unpaired) electrons. The van der Waals surface area contributed by atoms with Crippen molar-refractivity contribution >= 4 is 34.6 Å². The molecule has 0 spiro atoms. The molecular formula is C22H27N5O2. The van der Waals surface area contributed by atoms with E-state index in [9.17, 15) is 9.59 Å². The normalized spacial score (nSPS) is 12.0. The van der Waals surface area contributed by atoms with E-state index in [4.69, 9.17) is 0 Å². The molecule has 1 aromatic heterocycles. The van der Waals surface area contributed by atoms with Gasteiger partial charge in [-0.15, -0.1) is 0 Å². The van der Waals surface area contributed by atoms with E-state index in [1.807, 2.05) is 60.9 Å².